The molecule has 1 saturated heterocycles. The third-order valence-electron chi connectivity index (χ3n) is 5.87. The van der Waals surface area contributed by atoms with Gasteiger partial charge in [-0.1, -0.05) is 6.92 Å². The van der Waals surface area contributed by atoms with Crippen LogP contribution in [0.2, 0.25) is 0 Å². The van der Waals surface area contributed by atoms with Crippen molar-refractivity contribution < 1.29 is 32.9 Å². The van der Waals surface area contributed by atoms with Crippen LogP contribution in [0, 0.1) is 17.7 Å². The van der Waals surface area contributed by atoms with Crippen LogP contribution in [-0.4, -0.2) is 30.4 Å². The van der Waals surface area contributed by atoms with Crippen LogP contribution in [0.1, 0.15) is 24.7 Å². The minimum absolute atomic E-state index is 0.0296. The third kappa shape index (κ3) is 3.51. The van der Waals surface area contributed by atoms with E-state index in [0.717, 1.165) is 5.76 Å². The number of ketones is 1. The van der Waals surface area contributed by atoms with E-state index in [1.807, 2.05) is 13.0 Å². The average Bonchev–Trinajstić information content (AvgIpc) is 3.35. The van der Waals surface area contributed by atoms with Crippen molar-refractivity contribution in [2.75, 3.05) is 13.9 Å². The van der Waals surface area contributed by atoms with Gasteiger partial charge in [0.25, 0.3) is 0 Å². The van der Waals surface area contributed by atoms with Gasteiger partial charge in [0.15, 0.2) is 24.1 Å². The molecular formula is C22H23FO6. The molecule has 0 amide bonds. The Labute approximate surface area is 167 Å². The van der Waals surface area contributed by atoms with Crippen molar-refractivity contribution in [2.45, 2.75) is 31.8 Å². The van der Waals surface area contributed by atoms with Crippen molar-refractivity contribution in [1.82, 2.24) is 0 Å². The summed E-state index contributed by atoms with van der Waals surface area (Å²) in [5.74, 6) is 0.164. The zero-order valence-electron chi connectivity index (χ0n) is 16.3. The highest BCUT2D eigenvalue weighted by Gasteiger charge is 2.52. The molecule has 0 radical (unpaired) electrons. The van der Waals surface area contributed by atoms with Gasteiger partial charge >= 0.3 is 0 Å². The maximum Gasteiger partial charge on any atom is 0.189 e. The van der Waals surface area contributed by atoms with Crippen LogP contribution in [0.15, 0.2) is 46.8 Å². The van der Waals surface area contributed by atoms with Gasteiger partial charge in [0.2, 0.25) is 0 Å². The van der Waals surface area contributed by atoms with Crippen molar-refractivity contribution in [3.63, 3.8) is 0 Å². The fourth-order valence-electron chi connectivity index (χ4n) is 4.26. The smallest absolute Gasteiger partial charge is 0.189 e. The zero-order chi connectivity index (χ0) is 20.6. The number of methoxy groups -OCH3 is 1. The Bertz CT molecular complexity index is 935. The molecule has 3 atom stereocenters. The monoisotopic (exact) mass is 402 g/mol. The number of ether oxygens (including phenoxy) is 3. The Kier molecular flexibility index (Phi) is 5.08. The van der Waals surface area contributed by atoms with E-state index >= 15 is 0 Å². The van der Waals surface area contributed by atoms with Crippen LogP contribution < -0.4 is 4.74 Å². The Morgan fingerprint density at radius 1 is 1.41 bits per heavy atom. The third-order valence-corrected chi connectivity index (χ3v) is 5.87. The molecule has 1 aliphatic carbocycles. The highest BCUT2D eigenvalue weighted by molar-refractivity contribution is 5.93. The van der Waals surface area contributed by atoms with Gasteiger partial charge in [0.05, 0.1) is 13.4 Å². The van der Waals surface area contributed by atoms with E-state index in [1.54, 1.807) is 12.3 Å². The SMILES string of the molecule is COc1cc(F)c(C[C@H](C)[C@]23C[C@H](Cc4ccco4)C(=O)C=C2OCO3)cc1O. The number of phenolic OH excluding ortho intramolecular Hbond substituents is 1. The number of furan rings is 1. The fraction of sp³-hybridized carbons (Fsp3) is 0.409. The summed E-state index contributed by atoms with van der Waals surface area (Å²) < 4.78 is 36.5. The lowest BCUT2D eigenvalue weighted by Crippen LogP contribution is -2.45. The first-order valence-corrected chi connectivity index (χ1v) is 9.53. The van der Waals surface area contributed by atoms with Gasteiger partial charge in [-0.15, -0.1) is 0 Å². The van der Waals surface area contributed by atoms with Gasteiger partial charge in [-0.25, -0.2) is 4.39 Å². The minimum Gasteiger partial charge on any atom is -0.504 e. The van der Waals surface area contributed by atoms with Gasteiger partial charge < -0.3 is 23.7 Å². The van der Waals surface area contributed by atoms with E-state index in [1.165, 1.54) is 25.3 Å². The summed E-state index contributed by atoms with van der Waals surface area (Å²) in [5.41, 5.74) is -0.479. The Balaban J connectivity index is 1.60. The van der Waals surface area contributed by atoms with E-state index in [2.05, 4.69) is 0 Å². The minimum atomic E-state index is -0.826. The molecule has 1 aromatic carbocycles. The van der Waals surface area contributed by atoms with Crippen molar-refractivity contribution in [3.8, 4) is 11.5 Å². The predicted octanol–water partition coefficient (Wildman–Crippen LogP) is 3.77. The van der Waals surface area contributed by atoms with Crippen LogP contribution in [0.25, 0.3) is 0 Å². The number of phenols is 1. The van der Waals surface area contributed by atoms with E-state index in [0.29, 0.717) is 30.6 Å². The second-order valence-corrected chi connectivity index (χ2v) is 7.61. The van der Waals surface area contributed by atoms with Gasteiger partial charge in [0.1, 0.15) is 22.9 Å². The second-order valence-electron chi connectivity index (χ2n) is 7.61. The summed E-state index contributed by atoms with van der Waals surface area (Å²) in [6, 6.07) is 6.16. The molecule has 0 unspecified atom stereocenters. The average molecular weight is 402 g/mol. The topological polar surface area (TPSA) is 78.1 Å². The van der Waals surface area contributed by atoms with Crippen molar-refractivity contribution in [1.29, 1.82) is 0 Å². The molecule has 0 bridgehead atoms. The Hall–Kier alpha value is -2.80. The first kappa shape index (κ1) is 19.5. The summed E-state index contributed by atoms with van der Waals surface area (Å²) in [6.07, 6.45) is 4.26. The standard InChI is InChI=1S/C22H23FO6/c1-13(6-14-8-19(25)20(26-2)9-17(14)23)22-11-15(7-16-4-3-5-27-16)18(24)10-21(22)28-12-29-22/h3-5,8-10,13,15,25H,6-7,11-12H2,1-2H3/t13-,15-,22+/m0/s1. The largest absolute Gasteiger partial charge is 0.504 e. The number of fused-ring (bicyclic) bond motifs is 1. The summed E-state index contributed by atoms with van der Waals surface area (Å²) >= 11 is 0. The number of carbonyl (C=O) groups excluding carboxylic acids is 1. The number of hydrogen-bond acceptors (Lipinski definition) is 6. The van der Waals surface area contributed by atoms with E-state index < -0.39 is 11.4 Å². The van der Waals surface area contributed by atoms with Crippen molar-refractivity contribution >= 4 is 5.78 Å². The van der Waals surface area contributed by atoms with E-state index in [4.69, 9.17) is 18.6 Å². The molecule has 2 aromatic rings. The first-order chi connectivity index (χ1) is 13.9. The Morgan fingerprint density at radius 2 is 2.24 bits per heavy atom. The normalized spacial score (nSPS) is 24.6. The molecule has 6 nitrogen and oxygen atoms in total. The van der Waals surface area contributed by atoms with Crippen molar-refractivity contribution in [2.24, 2.45) is 11.8 Å². The van der Waals surface area contributed by atoms with Gasteiger partial charge in [0, 0.05) is 24.5 Å². The molecule has 7 heteroatoms. The molecule has 0 saturated carbocycles. The highest BCUT2D eigenvalue weighted by Crippen LogP contribution is 2.46. The zero-order valence-corrected chi connectivity index (χ0v) is 16.3. The molecule has 0 spiro atoms. The van der Waals surface area contributed by atoms with Crippen LogP contribution in [0.3, 0.4) is 0 Å². The molecule has 4 rings (SSSR count). The lowest BCUT2D eigenvalue weighted by molar-refractivity contribution is -0.123. The van der Waals surface area contributed by atoms with Crippen LogP contribution in [-0.2, 0) is 27.1 Å². The Morgan fingerprint density at radius 3 is 2.97 bits per heavy atom. The predicted molar refractivity (Wildman–Crippen MR) is 101 cm³/mol. The molecule has 1 N–H and O–H groups in total. The number of hydrogen-bond donors (Lipinski definition) is 1. The van der Waals surface area contributed by atoms with Gasteiger partial charge in [-0.05, 0) is 42.5 Å². The molecule has 1 aliphatic heterocycles. The lowest BCUT2D eigenvalue weighted by Gasteiger charge is -2.38. The highest BCUT2D eigenvalue weighted by atomic mass is 19.1. The summed E-state index contributed by atoms with van der Waals surface area (Å²) in [7, 11) is 1.37. The van der Waals surface area contributed by atoms with Gasteiger partial charge in [-0.2, -0.15) is 0 Å². The molecule has 2 heterocycles. The van der Waals surface area contributed by atoms with E-state index in [-0.39, 0.29) is 35.9 Å². The first-order valence-electron chi connectivity index (χ1n) is 9.53. The quantitative estimate of drug-likeness (QED) is 0.793. The summed E-state index contributed by atoms with van der Waals surface area (Å²) in [5, 5.41) is 10.0. The van der Waals surface area contributed by atoms with Crippen LogP contribution in [0.5, 0.6) is 11.5 Å². The number of benzene rings is 1. The summed E-state index contributed by atoms with van der Waals surface area (Å²) in [6.45, 7) is 1.98. The molecule has 154 valence electrons. The molecule has 1 fully saturated rings. The number of halogens is 1. The number of carbonyl (C=O) groups is 1. The molecule has 29 heavy (non-hydrogen) atoms. The second kappa shape index (κ2) is 7.55. The number of allylic oxidation sites excluding steroid dienone is 1. The van der Waals surface area contributed by atoms with Gasteiger partial charge in [-0.3, -0.25) is 4.79 Å². The molecule has 2 aliphatic rings. The van der Waals surface area contributed by atoms with Crippen LogP contribution >= 0.6 is 0 Å². The van der Waals surface area contributed by atoms with Crippen molar-refractivity contribution in [3.05, 3.63) is 59.5 Å². The van der Waals surface area contributed by atoms with Crippen LogP contribution in [0.4, 0.5) is 4.39 Å². The maximum atomic E-state index is 14.5. The molecular weight excluding hydrogens is 379 g/mol. The number of aromatic hydroxyl groups is 1. The molecule has 1 aromatic heterocycles. The number of rotatable bonds is 6. The maximum absolute atomic E-state index is 14.5. The lowest BCUT2D eigenvalue weighted by atomic mass is 9.71. The fourth-order valence-corrected chi connectivity index (χ4v) is 4.26. The summed E-state index contributed by atoms with van der Waals surface area (Å²) in [4.78, 5) is 12.6. The van der Waals surface area contributed by atoms with E-state index in [9.17, 15) is 14.3 Å².